The van der Waals surface area contributed by atoms with Gasteiger partial charge in [-0.1, -0.05) is 140 Å². The van der Waals surface area contributed by atoms with E-state index in [1.165, 1.54) is 0 Å². The molecule has 7 aromatic rings. The number of benzene rings is 4. The molecule has 0 fully saturated rings. The van der Waals surface area contributed by atoms with E-state index in [1.54, 1.807) is 0 Å². The third-order valence-electron chi connectivity index (χ3n) is 7.33. The van der Waals surface area contributed by atoms with Gasteiger partial charge in [0.15, 0.2) is 0 Å². The molecule has 0 amide bonds. The number of hydrogen-bond donors (Lipinski definition) is 0. The predicted molar refractivity (Wildman–Crippen MR) is 190 cm³/mol. The molecule has 239 valence electrons. The fourth-order valence-corrected chi connectivity index (χ4v) is 5.46. The van der Waals surface area contributed by atoms with Crippen LogP contribution in [0.15, 0.2) is 97.1 Å². The first-order valence-electron chi connectivity index (χ1n) is 14.9. The van der Waals surface area contributed by atoms with Crippen molar-refractivity contribution in [2.45, 2.75) is 42.5 Å². The van der Waals surface area contributed by atoms with Crippen molar-refractivity contribution in [3.63, 3.8) is 0 Å². The van der Waals surface area contributed by atoms with E-state index in [0.29, 0.717) is 45.9 Å². The van der Waals surface area contributed by atoms with Crippen LogP contribution in [0.3, 0.4) is 0 Å². The molecular weight excluding hydrogens is 632 g/mol. The predicted octanol–water partition coefficient (Wildman–Crippen LogP) is 9.45. The Kier molecular flexibility index (Phi) is 10.7. The molecule has 8 bridgehead atoms. The molecule has 2 aliphatic rings. The largest absolute Gasteiger partial charge is 2.00 e. The second-order valence-electron chi connectivity index (χ2n) is 9.67. The number of rotatable bonds is 0. The van der Waals surface area contributed by atoms with Gasteiger partial charge in [-0.25, -0.2) is 9.97 Å². The van der Waals surface area contributed by atoms with E-state index in [4.69, 9.17) is 39.9 Å². The van der Waals surface area contributed by atoms with Crippen LogP contribution < -0.4 is 9.97 Å². The van der Waals surface area contributed by atoms with Crippen molar-refractivity contribution < 1.29 is 17.1 Å². The summed E-state index contributed by atoms with van der Waals surface area (Å²) in [7, 11) is 0. The van der Waals surface area contributed by atoms with Gasteiger partial charge in [-0.05, 0) is 21.5 Å². The second kappa shape index (κ2) is 14.5. The Labute approximate surface area is 285 Å². The molecule has 0 unspecified atom stereocenters. The van der Waals surface area contributed by atoms with Crippen molar-refractivity contribution in [2.24, 2.45) is 0 Å². The monoisotopic (exact) mass is 667 g/mol. The first kappa shape index (κ1) is 34.6. The van der Waals surface area contributed by atoms with Gasteiger partial charge in [-0.15, -0.1) is 0 Å². The van der Waals surface area contributed by atoms with Crippen LogP contribution >= 0.6 is 0 Å². The van der Waals surface area contributed by atoms with E-state index < -0.39 is 0 Å². The fourth-order valence-electron chi connectivity index (χ4n) is 5.46. The summed E-state index contributed by atoms with van der Waals surface area (Å²) in [4.78, 5) is 39.3. The summed E-state index contributed by atoms with van der Waals surface area (Å²) in [6.45, 7) is 8.00. The molecule has 0 spiro atoms. The first-order chi connectivity index (χ1) is 21.8. The summed E-state index contributed by atoms with van der Waals surface area (Å²) in [6.07, 6.45) is 0. The quantitative estimate of drug-likeness (QED) is 0.147. The van der Waals surface area contributed by atoms with Crippen molar-refractivity contribution in [1.29, 1.82) is 0 Å². The average molecular weight is 668 g/mol. The van der Waals surface area contributed by atoms with Gasteiger partial charge in [-0.2, -0.15) is 0 Å². The van der Waals surface area contributed by atoms with E-state index in [0.717, 1.165) is 43.8 Å². The topological polar surface area (TPSA) is 106 Å². The molecule has 0 aliphatic carbocycles. The summed E-state index contributed by atoms with van der Waals surface area (Å²) in [5, 5.41) is 3.57. The third-order valence-corrected chi connectivity index (χ3v) is 7.33. The fraction of sp³-hybridized carbons (Fsp3) is 0.158. The van der Waals surface area contributed by atoms with Gasteiger partial charge in [0, 0.05) is 44.8 Å². The summed E-state index contributed by atoms with van der Waals surface area (Å²) >= 11 is 0. The molecule has 9 rings (SSSR count). The van der Waals surface area contributed by atoms with Crippen LogP contribution in [0.25, 0.3) is 89.7 Å². The van der Waals surface area contributed by atoms with Gasteiger partial charge in [0.25, 0.3) is 0 Å². The van der Waals surface area contributed by atoms with E-state index in [-0.39, 0.29) is 31.9 Å². The Bertz CT molecular complexity index is 2040. The Hall–Kier alpha value is -5.24. The van der Waals surface area contributed by atoms with Crippen LogP contribution in [0.2, 0.25) is 0 Å². The molecule has 4 aromatic carbocycles. The summed E-state index contributed by atoms with van der Waals surface area (Å²) in [5.74, 6) is 2.21. The normalized spacial score (nSPS) is 10.5. The Morgan fingerprint density at radius 1 is 0.340 bits per heavy atom. The molecule has 9 heteroatoms. The molecular formula is C38H36CuN8. The van der Waals surface area contributed by atoms with Crippen molar-refractivity contribution in [1.82, 2.24) is 39.9 Å². The zero-order valence-corrected chi connectivity index (χ0v) is 26.1. The van der Waals surface area contributed by atoms with Crippen LogP contribution in [0.4, 0.5) is 0 Å². The number of fused-ring (bicyclic) bond motifs is 20. The number of hydrogen-bond acceptors (Lipinski definition) is 6. The van der Waals surface area contributed by atoms with Gasteiger partial charge in [0.05, 0.1) is 23.3 Å². The Morgan fingerprint density at radius 2 is 0.553 bits per heavy atom. The van der Waals surface area contributed by atoms with Crippen LogP contribution in [-0.2, 0) is 17.1 Å². The van der Waals surface area contributed by atoms with Gasteiger partial charge < -0.3 is 29.9 Å². The maximum Gasteiger partial charge on any atom is 2.00 e. The van der Waals surface area contributed by atoms with E-state index in [1.807, 2.05) is 125 Å². The molecule has 3 aromatic heterocycles. The van der Waals surface area contributed by atoms with Crippen LogP contribution in [0, 0.1) is 0 Å². The van der Waals surface area contributed by atoms with Crippen molar-refractivity contribution >= 4 is 44.1 Å². The molecule has 0 saturated carbocycles. The minimum atomic E-state index is 0. The Balaban J connectivity index is 0.000000690. The standard InChI is InChI=1S/C32H16N8.2C2H6.2CH4.Cu/c1-2-10-18-17(9-1)25-33-26(18)38-28-21-13-5-6-14-22(21)30(35-28)40-32-24-16-8-7-15-23(24)31(36-32)39-29-20-12-4-3-11-19(20)27(34-29)37-25;2*1-2;;;/h1-16H;2*1-2H3;2*1H4;/q-2;;;;;+2. The maximum absolute atomic E-state index is 4.95. The maximum atomic E-state index is 4.95. The second-order valence-corrected chi connectivity index (χ2v) is 9.67. The van der Waals surface area contributed by atoms with Crippen molar-refractivity contribution in [3.05, 3.63) is 97.1 Å². The van der Waals surface area contributed by atoms with Gasteiger partial charge >= 0.3 is 17.1 Å². The number of nitrogens with zero attached hydrogens (tertiary/aromatic N) is 8. The molecule has 1 radical (unpaired) electrons. The molecule has 0 saturated heterocycles. The molecule has 0 N–H and O–H groups in total. The molecule has 47 heavy (non-hydrogen) atoms. The molecule has 8 nitrogen and oxygen atoms in total. The minimum Gasteiger partial charge on any atom is -0.357 e. The van der Waals surface area contributed by atoms with Crippen LogP contribution in [0.5, 0.6) is 0 Å². The zero-order valence-electron chi connectivity index (χ0n) is 25.1. The zero-order chi connectivity index (χ0) is 30.2. The van der Waals surface area contributed by atoms with E-state index >= 15 is 0 Å². The van der Waals surface area contributed by atoms with Crippen molar-refractivity contribution in [3.8, 4) is 45.6 Å². The van der Waals surface area contributed by atoms with E-state index in [2.05, 4.69) is 0 Å². The van der Waals surface area contributed by atoms with Gasteiger partial charge in [0.2, 0.25) is 0 Å². The van der Waals surface area contributed by atoms with E-state index in [9.17, 15) is 0 Å². The number of aromatic nitrogens is 8. The SMILES string of the molecule is C.C.CC.CC.[Cu+2].c1ccc2c(c1)-c1nc-2nc2[n-]c(nc3nc(nc4[n-]c(n1)c1ccccc41)-c1ccccc1-3)c1ccccc21. The molecule has 5 heterocycles. The van der Waals surface area contributed by atoms with Gasteiger partial charge in [0.1, 0.15) is 0 Å². The van der Waals surface area contributed by atoms with Gasteiger partial charge in [-0.3, -0.25) is 0 Å². The average Bonchev–Trinajstić information content (AvgIpc) is 3.82. The summed E-state index contributed by atoms with van der Waals surface area (Å²) in [5.41, 5.74) is 5.78. The first-order valence-corrected chi connectivity index (χ1v) is 14.9. The Morgan fingerprint density at radius 3 is 0.787 bits per heavy atom. The summed E-state index contributed by atoms with van der Waals surface area (Å²) < 4.78 is 0. The summed E-state index contributed by atoms with van der Waals surface area (Å²) in [6, 6.07) is 31.8. The smallest absolute Gasteiger partial charge is 0.357 e. The third kappa shape index (κ3) is 5.80. The molecule has 2 aliphatic heterocycles. The van der Waals surface area contributed by atoms with Crippen LogP contribution in [-0.4, -0.2) is 29.9 Å². The molecule has 0 atom stereocenters. The van der Waals surface area contributed by atoms with Crippen molar-refractivity contribution in [2.75, 3.05) is 0 Å². The van der Waals surface area contributed by atoms with Crippen LogP contribution in [0.1, 0.15) is 42.5 Å². The minimum absolute atomic E-state index is 0.